The number of ether oxygens (including phenoxy) is 1. The molecule has 0 amide bonds. The van der Waals surface area contributed by atoms with Crippen molar-refractivity contribution in [3.8, 4) is 56.8 Å². The van der Waals surface area contributed by atoms with Crippen LogP contribution < -0.4 is 4.74 Å². The highest BCUT2D eigenvalue weighted by atomic mass is 16.5. The predicted molar refractivity (Wildman–Crippen MR) is 184 cm³/mol. The number of aromatic nitrogens is 3. The van der Waals surface area contributed by atoms with Crippen LogP contribution in [0.4, 0.5) is 0 Å². The molecule has 0 aliphatic carbocycles. The van der Waals surface area contributed by atoms with Gasteiger partial charge in [0.15, 0.2) is 17.5 Å². The third-order valence-corrected chi connectivity index (χ3v) is 8.88. The van der Waals surface area contributed by atoms with Crippen molar-refractivity contribution in [3.63, 3.8) is 0 Å². The molecule has 0 radical (unpaired) electrons. The van der Waals surface area contributed by atoms with Crippen LogP contribution in [-0.4, -0.2) is 15.0 Å². The molecule has 0 bridgehead atoms. The molecule has 5 heteroatoms. The first-order valence-electron chi connectivity index (χ1n) is 15.3. The van der Waals surface area contributed by atoms with E-state index in [4.69, 9.17) is 24.1 Å². The standard InChI is InChI=1S/C41H23N3O2/c1-3-11-24(12-4-1)39-42-40(25-13-5-2-6-14-25)44-41(43-39)31-22-27-16-8-7-15-26(27)21-29(31)30-23-35-38-36-28(30)17-9-18-32(36)45-33-19-10-20-34(46-35)37(33)38/h1-23H. The second-order valence-electron chi connectivity index (χ2n) is 11.6. The van der Waals surface area contributed by atoms with Crippen molar-refractivity contribution in [2.75, 3.05) is 0 Å². The zero-order valence-electron chi connectivity index (χ0n) is 24.4. The van der Waals surface area contributed by atoms with Crippen LogP contribution in [0.1, 0.15) is 0 Å². The Labute approximate surface area is 263 Å². The maximum absolute atomic E-state index is 6.50. The number of benzene rings is 7. The van der Waals surface area contributed by atoms with Crippen molar-refractivity contribution in [1.82, 2.24) is 15.0 Å². The van der Waals surface area contributed by atoms with Gasteiger partial charge in [0, 0.05) is 27.5 Å². The van der Waals surface area contributed by atoms with Crippen LogP contribution in [0.25, 0.3) is 88.8 Å². The topological polar surface area (TPSA) is 61.0 Å². The summed E-state index contributed by atoms with van der Waals surface area (Å²) in [6.07, 6.45) is 0. The Kier molecular flexibility index (Phi) is 5.22. The first-order chi connectivity index (χ1) is 22.8. The minimum atomic E-state index is 0.605. The molecular weight excluding hydrogens is 566 g/mol. The van der Waals surface area contributed by atoms with Gasteiger partial charge in [-0.05, 0) is 63.7 Å². The molecule has 0 saturated heterocycles. The lowest BCUT2D eigenvalue weighted by molar-refractivity contribution is 0.492. The summed E-state index contributed by atoms with van der Waals surface area (Å²) in [5, 5.41) is 6.47. The van der Waals surface area contributed by atoms with Gasteiger partial charge in [-0.25, -0.2) is 15.0 Å². The van der Waals surface area contributed by atoms with Crippen molar-refractivity contribution in [1.29, 1.82) is 0 Å². The molecule has 0 saturated carbocycles. The molecule has 46 heavy (non-hydrogen) atoms. The number of hydrogen-bond donors (Lipinski definition) is 0. The Morgan fingerprint density at radius 2 is 0.978 bits per heavy atom. The normalized spacial score (nSPS) is 12.1. The Morgan fingerprint density at radius 3 is 1.67 bits per heavy atom. The van der Waals surface area contributed by atoms with Crippen LogP contribution in [0.3, 0.4) is 0 Å². The third-order valence-electron chi connectivity index (χ3n) is 8.88. The molecule has 214 valence electrons. The molecule has 7 aromatic carbocycles. The van der Waals surface area contributed by atoms with Gasteiger partial charge in [0.2, 0.25) is 0 Å². The minimum Gasteiger partial charge on any atom is -0.456 e. The Balaban J connectivity index is 1.32. The fourth-order valence-electron chi connectivity index (χ4n) is 6.80. The van der Waals surface area contributed by atoms with Crippen LogP contribution in [0.2, 0.25) is 0 Å². The third kappa shape index (κ3) is 3.72. The maximum atomic E-state index is 6.50. The summed E-state index contributed by atoms with van der Waals surface area (Å²) in [6, 6.07) is 47.4. The highest BCUT2D eigenvalue weighted by molar-refractivity contribution is 6.27. The summed E-state index contributed by atoms with van der Waals surface area (Å²) < 4.78 is 13.0. The van der Waals surface area contributed by atoms with Gasteiger partial charge in [-0.2, -0.15) is 0 Å². The van der Waals surface area contributed by atoms with Crippen molar-refractivity contribution in [2.24, 2.45) is 0 Å². The van der Waals surface area contributed by atoms with Gasteiger partial charge in [-0.1, -0.05) is 103 Å². The second-order valence-corrected chi connectivity index (χ2v) is 11.6. The van der Waals surface area contributed by atoms with Crippen molar-refractivity contribution in [3.05, 3.63) is 140 Å². The predicted octanol–water partition coefficient (Wildman–Crippen LogP) is 10.9. The van der Waals surface area contributed by atoms with Gasteiger partial charge in [-0.3, -0.25) is 0 Å². The summed E-state index contributed by atoms with van der Waals surface area (Å²) in [5.74, 6) is 3.50. The molecule has 2 aromatic heterocycles. The molecule has 5 nitrogen and oxygen atoms in total. The fraction of sp³-hybridized carbons (Fsp3) is 0. The van der Waals surface area contributed by atoms with Crippen molar-refractivity contribution < 1.29 is 9.15 Å². The van der Waals surface area contributed by atoms with Crippen LogP contribution in [-0.2, 0) is 0 Å². The Bertz CT molecular complexity index is 2610. The van der Waals surface area contributed by atoms with Gasteiger partial charge >= 0.3 is 0 Å². The molecule has 0 unspecified atom stereocenters. The zero-order chi connectivity index (χ0) is 30.2. The largest absolute Gasteiger partial charge is 0.456 e. The van der Waals surface area contributed by atoms with Crippen LogP contribution in [0.15, 0.2) is 144 Å². The quantitative estimate of drug-likeness (QED) is 0.204. The molecule has 3 heterocycles. The monoisotopic (exact) mass is 589 g/mol. The van der Waals surface area contributed by atoms with E-state index in [0.717, 1.165) is 82.8 Å². The number of nitrogens with zero attached hydrogens (tertiary/aromatic N) is 3. The summed E-state index contributed by atoms with van der Waals surface area (Å²) in [6.45, 7) is 0. The molecular formula is C41H23N3O2. The lowest BCUT2D eigenvalue weighted by Crippen LogP contribution is -2.01. The van der Waals surface area contributed by atoms with Crippen molar-refractivity contribution in [2.45, 2.75) is 0 Å². The van der Waals surface area contributed by atoms with Crippen molar-refractivity contribution >= 4 is 43.5 Å². The van der Waals surface area contributed by atoms with E-state index in [2.05, 4.69) is 54.6 Å². The SMILES string of the molecule is c1ccc(-c2nc(-c3ccccc3)nc(-c3cc4ccccc4cc3-c3cc4oc5cccc6c5c4c4c(cccc34)O6)n2)cc1. The minimum absolute atomic E-state index is 0.605. The molecule has 10 rings (SSSR count). The summed E-state index contributed by atoms with van der Waals surface area (Å²) >= 11 is 0. The molecule has 0 atom stereocenters. The van der Waals surface area contributed by atoms with Gasteiger partial charge in [-0.15, -0.1) is 0 Å². The van der Waals surface area contributed by atoms with E-state index in [9.17, 15) is 0 Å². The highest BCUT2D eigenvalue weighted by Gasteiger charge is 2.26. The van der Waals surface area contributed by atoms with E-state index in [0.29, 0.717) is 17.5 Å². The number of furan rings is 1. The van der Waals surface area contributed by atoms with Crippen LogP contribution >= 0.6 is 0 Å². The Hall–Kier alpha value is -6.33. The number of rotatable bonds is 4. The number of fused-ring (bicyclic) bond motifs is 1. The lowest BCUT2D eigenvalue weighted by Gasteiger charge is -2.19. The molecule has 1 aliphatic heterocycles. The molecule has 0 spiro atoms. The summed E-state index contributed by atoms with van der Waals surface area (Å²) in [7, 11) is 0. The molecule has 1 aliphatic rings. The smallest absolute Gasteiger partial charge is 0.164 e. The summed E-state index contributed by atoms with van der Waals surface area (Å²) in [4.78, 5) is 15.2. The van der Waals surface area contributed by atoms with Gasteiger partial charge < -0.3 is 9.15 Å². The lowest BCUT2D eigenvalue weighted by atomic mass is 9.89. The van der Waals surface area contributed by atoms with E-state index in [1.54, 1.807) is 0 Å². The molecule has 0 fully saturated rings. The van der Waals surface area contributed by atoms with Gasteiger partial charge in [0.25, 0.3) is 0 Å². The average molecular weight is 590 g/mol. The zero-order valence-corrected chi connectivity index (χ0v) is 24.4. The maximum Gasteiger partial charge on any atom is 0.164 e. The highest BCUT2D eigenvalue weighted by Crippen LogP contribution is 2.51. The van der Waals surface area contributed by atoms with Gasteiger partial charge in [0.05, 0.1) is 5.39 Å². The fourth-order valence-corrected chi connectivity index (χ4v) is 6.80. The first kappa shape index (κ1) is 25.0. The van der Waals surface area contributed by atoms with E-state index >= 15 is 0 Å². The summed E-state index contributed by atoms with van der Waals surface area (Å²) in [5.41, 5.74) is 6.45. The van der Waals surface area contributed by atoms with Crippen LogP contribution in [0, 0.1) is 0 Å². The van der Waals surface area contributed by atoms with E-state index in [1.165, 1.54) is 0 Å². The first-order valence-corrected chi connectivity index (χ1v) is 15.3. The second kappa shape index (κ2) is 9.58. The van der Waals surface area contributed by atoms with Crippen LogP contribution in [0.5, 0.6) is 11.5 Å². The van der Waals surface area contributed by atoms with Gasteiger partial charge in [0.1, 0.15) is 22.7 Å². The molecule has 0 N–H and O–H groups in total. The van der Waals surface area contributed by atoms with E-state index in [1.807, 2.05) is 84.9 Å². The Morgan fingerprint density at radius 1 is 0.391 bits per heavy atom. The van der Waals surface area contributed by atoms with E-state index < -0.39 is 0 Å². The average Bonchev–Trinajstić information content (AvgIpc) is 3.51. The molecule has 9 aromatic rings. The van der Waals surface area contributed by atoms with E-state index in [-0.39, 0.29) is 0 Å². The number of hydrogen-bond acceptors (Lipinski definition) is 5.